The zero-order chi connectivity index (χ0) is 14.9. The summed E-state index contributed by atoms with van der Waals surface area (Å²) in [5.74, 6) is 5.31. The summed E-state index contributed by atoms with van der Waals surface area (Å²) in [4.78, 5) is 16.3. The number of benzene rings is 1. The van der Waals surface area contributed by atoms with E-state index in [1.165, 1.54) is 5.56 Å². The van der Waals surface area contributed by atoms with Gasteiger partial charge in [0, 0.05) is 19.6 Å². The van der Waals surface area contributed by atoms with Crippen LogP contribution in [0.2, 0.25) is 0 Å². The summed E-state index contributed by atoms with van der Waals surface area (Å²) in [7, 11) is 1.87. The van der Waals surface area contributed by atoms with Crippen LogP contribution in [0.3, 0.4) is 0 Å². The van der Waals surface area contributed by atoms with Crippen molar-refractivity contribution in [1.29, 1.82) is 0 Å². The number of likely N-dealkylation sites (N-methyl/N-ethyl adjacent to an activating group) is 1. The van der Waals surface area contributed by atoms with Crippen molar-refractivity contribution in [2.24, 2.45) is 5.84 Å². The maximum atomic E-state index is 11.9. The van der Waals surface area contributed by atoms with Crippen LogP contribution in [0, 0.1) is 0 Å². The molecular weight excluding hydrogens is 264 g/mol. The van der Waals surface area contributed by atoms with Gasteiger partial charge in [-0.2, -0.15) is 0 Å². The topological polar surface area (TPSA) is 61.6 Å². The molecule has 0 aliphatic carbocycles. The number of rotatable bonds is 2. The lowest BCUT2D eigenvalue weighted by atomic mass is 9.76. The van der Waals surface area contributed by atoms with Crippen LogP contribution in [0.1, 0.15) is 37.3 Å². The van der Waals surface area contributed by atoms with E-state index in [0.717, 1.165) is 38.8 Å². The van der Waals surface area contributed by atoms with Gasteiger partial charge in [0.15, 0.2) is 0 Å². The third-order valence-corrected chi connectivity index (χ3v) is 5.23. The Hall–Kier alpha value is -1.59. The predicted octanol–water partition coefficient (Wildman–Crippen LogP) is 1.87. The van der Waals surface area contributed by atoms with Crippen molar-refractivity contribution in [3.63, 3.8) is 0 Å². The molecular formula is C16H24N4O. The number of nitrogens with one attached hydrogen (secondary N) is 1. The molecule has 5 nitrogen and oxygen atoms in total. The first-order valence-corrected chi connectivity index (χ1v) is 7.70. The van der Waals surface area contributed by atoms with Crippen LogP contribution in [-0.4, -0.2) is 41.5 Å². The van der Waals surface area contributed by atoms with Crippen molar-refractivity contribution in [2.75, 3.05) is 20.1 Å². The number of carbonyl (C=O) groups is 1. The Morgan fingerprint density at radius 3 is 2.86 bits per heavy atom. The van der Waals surface area contributed by atoms with Gasteiger partial charge >= 0.3 is 6.03 Å². The van der Waals surface area contributed by atoms with Crippen LogP contribution in [-0.2, 0) is 0 Å². The molecule has 1 aromatic carbocycles. The monoisotopic (exact) mass is 288 g/mol. The van der Waals surface area contributed by atoms with E-state index in [2.05, 4.69) is 40.7 Å². The number of hydrazine groups is 1. The third-order valence-electron chi connectivity index (χ3n) is 5.23. The number of amides is 2. The summed E-state index contributed by atoms with van der Waals surface area (Å²) >= 11 is 0. The number of fused-ring (bicyclic) bond motifs is 2. The fraction of sp³-hybridized carbons (Fsp3) is 0.562. The molecule has 3 rings (SSSR count). The molecule has 2 fully saturated rings. The highest BCUT2D eigenvalue weighted by Crippen LogP contribution is 2.43. The molecule has 0 spiro atoms. The average molecular weight is 288 g/mol. The van der Waals surface area contributed by atoms with Crippen molar-refractivity contribution >= 4 is 6.03 Å². The van der Waals surface area contributed by atoms with E-state index in [4.69, 9.17) is 5.84 Å². The minimum absolute atomic E-state index is 0.0625. The zero-order valence-electron chi connectivity index (χ0n) is 12.6. The first kappa shape index (κ1) is 14.4. The second-order valence-corrected chi connectivity index (χ2v) is 6.27. The van der Waals surface area contributed by atoms with E-state index >= 15 is 0 Å². The minimum atomic E-state index is -0.185. The molecule has 0 radical (unpaired) electrons. The van der Waals surface area contributed by atoms with Gasteiger partial charge in [0.05, 0.1) is 5.54 Å². The Morgan fingerprint density at radius 1 is 1.38 bits per heavy atom. The molecule has 21 heavy (non-hydrogen) atoms. The molecule has 2 heterocycles. The Kier molecular flexibility index (Phi) is 3.87. The SMILES string of the molecule is CN(C(=O)NN)[C@]12CCCN(C1)[C@H](c1ccccc1)CC2. The van der Waals surface area contributed by atoms with E-state index in [1.807, 2.05) is 11.9 Å². The molecule has 5 heteroatoms. The quantitative estimate of drug-likeness (QED) is 0.496. The van der Waals surface area contributed by atoms with Gasteiger partial charge in [-0.25, -0.2) is 10.6 Å². The smallest absolute Gasteiger partial charge is 0.320 e. The van der Waals surface area contributed by atoms with E-state index in [-0.39, 0.29) is 11.6 Å². The van der Waals surface area contributed by atoms with Crippen LogP contribution in [0.25, 0.3) is 0 Å². The van der Waals surface area contributed by atoms with Crippen molar-refractivity contribution in [2.45, 2.75) is 37.3 Å². The van der Waals surface area contributed by atoms with Gasteiger partial charge in [-0.05, 0) is 37.8 Å². The van der Waals surface area contributed by atoms with Gasteiger partial charge in [-0.15, -0.1) is 0 Å². The Bertz CT molecular complexity index is 506. The largest absolute Gasteiger partial charge is 0.331 e. The van der Waals surface area contributed by atoms with Gasteiger partial charge in [0.1, 0.15) is 0 Å². The van der Waals surface area contributed by atoms with Gasteiger partial charge in [-0.1, -0.05) is 30.3 Å². The zero-order valence-corrected chi connectivity index (χ0v) is 12.6. The standard InChI is InChI=1S/C16H24N4O/c1-19(15(21)18-17)16-9-5-11-20(12-16)14(8-10-16)13-6-3-2-4-7-13/h2-4,6-7,14H,5,8-12,17H2,1H3,(H,18,21)/t14-,16-/m0/s1. The minimum Gasteiger partial charge on any atom is -0.320 e. The molecule has 2 aliphatic heterocycles. The molecule has 2 saturated heterocycles. The van der Waals surface area contributed by atoms with Crippen LogP contribution < -0.4 is 11.3 Å². The highest BCUT2D eigenvalue weighted by Gasteiger charge is 2.46. The number of hydrogen-bond acceptors (Lipinski definition) is 3. The summed E-state index contributed by atoms with van der Waals surface area (Å²) < 4.78 is 0. The Morgan fingerprint density at radius 2 is 2.14 bits per heavy atom. The van der Waals surface area contributed by atoms with Crippen molar-refractivity contribution < 1.29 is 4.79 Å². The van der Waals surface area contributed by atoms with E-state index in [1.54, 1.807) is 0 Å². The molecule has 1 unspecified atom stereocenters. The van der Waals surface area contributed by atoms with Gasteiger partial charge in [-0.3, -0.25) is 10.3 Å². The first-order valence-electron chi connectivity index (χ1n) is 7.70. The molecule has 2 amide bonds. The van der Waals surface area contributed by atoms with Crippen molar-refractivity contribution in [1.82, 2.24) is 15.2 Å². The van der Waals surface area contributed by atoms with Crippen LogP contribution in [0.5, 0.6) is 0 Å². The molecule has 2 bridgehead atoms. The number of nitrogens with two attached hydrogens (primary N) is 1. The fourth-order valence-corrected chi connectivity index (χ4v) is 4.01. The maximum Gasteiger partial charge on any atom is 0.331 e. The second-order valence-electron chi connectivity index (χ2n) is 6.27. The lowest BCUT2D eigenvalue weighted by molar-refractivity contribution is -0.0194. The molecule has 2 aliphatic rings. The average Bonchev–Trinajstić information content (AvgIpc) is 2.54. The number of hydrogen-bond donors (Lipinski definition) is 2. The Balaban J connectivity index is 1.80. The van der Waals surface area contributed by atoms with Gasteiger partial charge in [0.25, 0.3) is 0 Å². The van der Waals surface area contributed by atoms with E-state index in [9.17, 15) is 4.79 Å². The van der Waals surface area contributed by atoms with Gasteiger partial charge < -0.3 is 4.90 Å². The summed E-state index contributed by atoms with van der Waals surface area (Å²) in [5.41, 5.74) is 3.60. The Labute approximate surface area is 126 Å². The molecule has 0 aromatic heterocycles. The van der Waals surface area contributed by atoms with Crippen molar-refractivity contribution in [3.8, 4) is 0 Å². The summed E-state index contributed by atoms with van der Waals surface area (Å²) in [6.45, 7) is 2.05. The van der Waals surface area contributed by atoms with Crippen LogP contribution in [0.4, 0.5) is 4.79 Å². The van der Waals surface area contributed by atoms with Crippen molar-refractivity contribution in [3.05, 3.63) is 35.9 Å². The van der Waals surface area contributed by atoms with E-state index < -0.39 is 0 Å². The molecule has 114 valence electrons. The van der Waals surface area contributed by atoms with E-state index in [0.29, 0.717) is 6.04 Å². The lowest BCUT2D eigenvalue weighted by Crippen LogP contribution is -2.64. The number of piperidine rings is 2. The number of carbonyl (C=O) groups excluding carboxylic acids is 1. The van der Waals surface area contributed by atoms with Crippen LogP contribution >= 0.6 is 0 Å². The predicted molar refractivity (Wildman–Crippen MR) is 82.4 cm³/mol. The summed E-state index contributed by atoms with van der Waals surface area (Å²) in [5, 5.41) is 0. The molecule has 3 atom stereocenters. The fourth-order valence-electron chi connectivity index (χ4n) is 4.01. The first-order chi connectivity index (χ1) is 10.2. The normalized spacial score (nSPS) is 31.5. The summed E-state index contributed by atoms with van der Waals surface area (Å²) in [6, 6.07) is 11.0. The molecule has 3 N–H and O–H groups in total. The highest BCUT2D eigenvalue weighted by atomic mass is 16.2. The number of nitrogens with zero attached hydrogens (tertiary/aromatic N) is 2. The second kappa shape index (κ2) is 5.66. The molecule has 1 aromatic rings. The summed E-state index contributed by atoms with van der Waals surface area (Å²) in [6.07, 6.45) is 4.32. The lowest BCUT2D eigenvalue weighted by Gasteiger charge is -2.54. The number of urea groups is 1. The highest BCUT2D eigenvalue weighted by molar-refractivity contribution is 5.74. The third kappa shape index (κ3) is 2.51. The maximum absolute atomic E-state index is 11.9. The van der Waals surface area contributed by atoms with Crippen LogP contribution in [0.15, 0.2) is 30.3 Å². The van der Waals surface area contributed by atoms with Gasteiger partial charge in [0.2, 0.25) is 0 Å². The molecule has 0 saturated carbocycles.